The van der Waals surface area contributed by atoms with Crippen molar-refractivity contribution in [3.05, 3.63) is 28.8 Å². The van der Waals surface area contributed by atoms with E-state index in [1.54, 1.807) is 7.11 Å². The van der Waals surface area contributed by atoms with Gasteiger partial charge in [-0.1, -0.05) is 6.07 Å². The van der Waals surface area contributed by atoms with Crippen molar-refractivity contribution in [2.45, 2.75) is 26.3 Å². The van der Waals surface area contributed by atoms with Crippen LogP contribution in [0.25, 0.3) is 0 Å². The van der Waals surface area contributed by atoms with Crippen molar-refractivity contribution in [3.8, 4) is 5.75 Å². The van der Waals surface area contributed by atoms with Gasteiger partial charge < -0.3 is 14.4 Å². The fourth-order valence-corrected chi connectivity index (χ4v) is 2.32. The van der Waals surface area contributed by atoms with Crippen LogP contribution in [0.4, 0.5) is 0 Å². The largest absolute Gasteiger partial charge is 0.496 e. The van der Waals surface area contributed by atoms with E-state index < -0.39 is 0 Å². The highest BCUT2D eigenvalue weighted by Gasteiger charge is 2.24. The number of methoxy groups -OCH3 is 2. The van der Waals surface area contributed by atoms with Crippen LogP contribution in [0, 0.1) is 13.8 Å². The maximum Gasteiger partial charge on any atom is 0.307 e. The maximum atomic E-state index is 11.6. The highest BCUT2D eigenvalue weighted by Crippen LogP contribution is 2.34. The Morgan fingerprint density at radius 2 is 1.89 bits per heavy atom. The van der Waals surface area contributed by atoms with Gasteiger partial charge in [-0.05, 0) is 45.1 Å². The summed E-state index contributed by atoms with van der Waals surface area (Å²) in [7, 11) is 6.97. The fraction of sp³-hybridized carbons (Fsp3) is 0.533. The van der Waals surface area contributed by atoms with Crippen molar-refractivity contribution in [2.24, 2.45) is 0 Å². The zero-order valence-corrected chi connectivity index (χ0v) is 12.6. The van der Waals surface area contributed by atoms with Gasteiger partial charge in [0.25, 0.3) is 0 Å². The summed E-state index contributed by atoms with van der Waals surface area (Å²) in [6.45, 7) is 4.07. The lowest BCUT2D eigenvalue weighted by atomic mass is 9.95. The van der Waals surface area contributed by atoms with Crippen molar-refractivity contribution >= 4 is 5.97 Å². The molecular weight excluding hydrogens is 242 g/mol. The molecule has 19 heavy (non-hydrogen) atoms. The Kier molecular flexibility index (Phi) is 5.36. The van der Waals surface area contributed by atoms with Gasteiger partial charge in [-0.15, -0.1) is 0 Å². The Labute approximate surface area is 115 Å². The summed E-state index contributed by atoms with van der Waals surface area (Å²) in [5.41, 5.74) is 3.32. The summed E-state index contributed by atoms with van der Waals surface area (Å²) in [6, 6.07) is 4.05. The molecule has 0 N–H and O–H groups in total. The first-order valence-electron chi connectivity index (χ1n) is 6.29. The molecule has 0 saturated carbocycles. The molecule has 0 fully saturated rings. The van der Waals surface area contributed by atoms with Crippen molar-refractivity contribution < 1.29 is 14.3 Å². The average Bonchev–Trinajstić information content (AvgIpc) is 2.35. The molecule has 0 heterocycles. The van der Waals surface area contributed by atoms with E-state index in [0.29, 0.717) is 6.42 Å². The minimum Gasteiger partial charge on any atom is -0.496 e. The van der Waals surface area contributed by atoms with E-state index in [9.17, 15) is 4.79 Å². The first-order chi connectivity index (χ1) is 8.90. The molecule has 1 atom stereocenters. The minimum atomic E-state index is -0.222. The predicted octanol–water partition coefficient (Wildman–Crippen LogP) is 2.48. The summed E-state index contributed by atoms with van der Waals surface area (Å²) in [6.07, 6.45) is 0.309. The molecule has 0 aliphatic rings. The lowest BCUT2D eigenvalue weighted by Crippen LogP contribution is -2.24. The number of rotatable bonds is 5. The van der Waals surface area contributed by atoms with Crippen LogP contribution in [0.1, 0.15) is 29.2 Å². The van der Waals surface area contributed by atoms with Crippen LogP contribution in [0.5, 0.6) is 5.75 Å². The van der Waals surface area contributed by atoms with Crippen LogP contribution < -0.4 is 4.74 Å². The molecule has 106 valence electrons. The van der Waals surface area contributed by atoms with Gasteiger partial charge in [0.1, 0.15) is 5.75 Å². The SMILES string of the molecule is COC(=O)CC(c1c(C)cc(C)cc1OC)N(C)C. The zero-order chi connectivity index (χ0) is 14.6. The standard InChI is InChI=1S/C15H23NO3/c1-10-7-11(2)15(13(8-10)18-5)12(16(3)4)9-14(17)19-6/h7-8,12H,9H2,1-6H3. The Balaban J connectivity index is 3.25. The Morgan fingerprint density at radius 3 is 2.37 bits per heavy atom. The lowest BCUT2D eigenvalue weighted by molar-refractivity contribution is -0.141. The lowest BCUT2D eigenvalue weighted by Gasteiger charge is -2.27. The summed E-state index contributed by atoms with van der Waals surface area (Å²) < 4.78 is 10.3. The third-order valence-corrected chi connectivity index (χ3v) is 3.26. The van der Waals surface area contributed by atoms with Crippen LogP contribution >= 0.6 is 0 Å². The molecule has 0 aromatic heterocycles. The van der Waals surface area contributed by atoms with Gasteiger partial charge >= 0.3 is 5.97 Å². The average molecular weight is 265 g/mol. The fourth-order valence-electron chi connectivity index (χ4n) is 2.32. The molecule has 0 bridgehead atoms. The minimum absolute atomic E-state index is 0.0528. The predicted molar refractivity (Wildman–Crippen MR) is 75.5 cm³/mol. The molecule has 1 aromatic rings. The van der Waals surface area contributed by atoms with Crippen LogP contribution in [-0.4, -0.2) is 39.2 Å². The van der Waals surface area contributed by atoms with Gasteiger partial charge in [0, 0.05) is 11.6 Å². The van der Waals surface area contributed by atoms with Crippen LogP contribution in [-0.2, 0) is 9.53 Å². The number of carbonyl (C=O) groups excluding carboxylic acids is 1. The molecule has 0 amide bonds. The van der Waals surface area contributed by atoms with Crippen LogP contribution in [0.3, 0.4) is 0 Å². The van der Waals surface area contributed by atoms with Crippen molar-refractivity contribution in [2.75, 3.05) is 28.3 Å². The van der Waals surface area contributed by atoms with E-state index in [1.807, 2.05) is 38.9 Å². The summed E-state index contributed by atoms with van der Waals surface area (Å²) in [5, 5.41) is 0. The van der Waals surface area contributed by atoms with Crippen molar-refractivity contribution in [1.82, 2.24) is 4.90 Å². The van der Waals surface area contributed by atoms with Crippen molar-refractivity contribution in [3.63, 3.8) is 0 Å². The van der Waals surface area contributed by atoms with Gasteiger partial charge in [-0.25, -0.2) is 0 Å². The highest BCUT2D eigenvalue weighted by atomic mass is 16.5. The normalized spacial score (nSPS) is 12.4. The molecule has 1 aromatic carbocycles. The molecule has 0 spiro atoms. The van der Waals surface area contributed by atoms with E-state index in [4.69, 9.17) is 9.47 Å². The number of carbonyl (C=O) groups is 1. The number of hydrogen-bond acceptors (Lipinski definition) is 4. The first-order valence-corrected chi connectivity index (χ1v) is 6.29. The Morgan fingerprint density at radius 1 is 1.26 bits per heavy atom. The first kappa shape index (κ1) is 15.5. The molecule has 4 nitrogen and oxygen atoms in total. The number of esters is 1. The number of benzene rings is 1. The number of hydrogen-bond donors (Lipinski definition) is 0. The molecule has 0 aliphatic carbocycles. The number of aryl methyl sites for hydroxylation is 2. The van der Waals surface area contributed by atoms with Gasteiger partial charge in [0.2, 0.25) is 0 Å². The third-order valence-electron chi connectivity index (χ3n) is 3.26. The number of ether oxygens (including phenoxy) is 2. The van der Waals surface area contributed by atoms with Gasteiger partial charge in [0.05, 0.1) is 20.6 Å². The van der Waals surface area contributed by atoms with E-state index in [2.05, 4.69) is 6.07 Å². The van der Waals surface area contributed by atoms with E-state index in [0.717, 1.165) is 22.4 Å². The maximum absolute atomic E-state index is 11.6. The smallest absolute Gasteiger partial charge is 0.307 e. The van der Waals surface area contributed by atoms with Crippen LogP contribution in [0.2, 0.25) is 0 Å². The van der Waals surface area contributed by atoms with Crippen LogP contribution in [0.15, 0.2) is 12.1 Å². The molecule has 1 unspecified atom stereocenters. The highest BCUT2D eigenvalue weighted by molar-refractivity contribution is 5.70. The summed E-state index contributed by atoms with van der Waals surface area (Å²) >= 11 is 0. The number of nitrogens with zero attached hydrogens (tertiary/aromatic N) is 1. The summed E-state index contributed by atoms with van der Waals surface area (Å²) in [4.78, 5) is 13.6. The van der Waals surface area contributed by atoms with E-state index in [1.165, 1.54) is 7.11 Å². The van der Waals surface area contributed by atoms with E-state index in [-0.39, 0.29) is 12.0 Å². The monoisotopic (exact) mass is 265 g/mol. The Hall–Kier alpha value is -1.55. The molecule has 0 saturated heterocycles. The molecule has 4 heteroatoms. The zero-order valence-electron chi connectivity index (χ0n) is 12.6. The van der Waals surface area contributed by atoms with Gasteiger partial charge in [-0.2, -0.15) is 0 Å². The second kappa shape index (κ2) is 6.57. The third kappa shape index (κ3) is 3.70. The Bertz CT molecular complexity index is 455. The van der Waals surface area contributed by atoms with Gasteiger partial charge in [-0.3, -0.25) is 4.79 Å². The second-order valence-electron chi connectivity index (χ2n) is 4.96. The molecule has 0 radical (unpaired) electrons. The molecular formula is C15H23NO3. The molecule has 1 rings (SSSR count). The van der Waals surface area contributed by atoms with Crippen molar-refractivity contribution in [1.29, 1.82) is 0 Å². The second-order valence-corrected chi connectivity index (χ2v) is 4.96. The summed E-state index contributed by atoms with van der Waals surface area (Å²) in [5.74, 6) is 0.598. The topological polar surface area (TPSA) is 38.8 Å². The van der Waals surface area contributed by atoms with E-state index >= 15 is 0 Å². The quantitative estimate of drug-likeness (QED) is 0.767. The van der Waals surface area contributed by atoms with Gasteiger partial charge in [0.15, 0.2) is 0 Å². The molecule has 0 aliphatic heterocycles.